The van der Waals surface area contributed by atoms with Gasteiger partial charge in [-0.05, 0) is 36.6 Å². The predicted molar refractivity (Wildman–Crippen MR) is 101 cm³/mol. The van der Waals surface area contributed by atoms with Gasteiger partial charge >= 0.3 is 0 Å². The number of nitrogens with zero attached hydrogens (tertiary/aromatic N) is 1. The number of aromatic amines is 1. The SMILES string of the molecule is O=C(Cc1c[nH]c2cc(F)c(F)cc12)Nc1ccc(C2CCC(F)(F)CC2)nc1. The minimum absolute atomic E-state index is 0.000823. The Labute approximate surface area is 164 Å². The van der Waals surface area contributed by atoms with Crippen molar-refractivity contribution in [3.05, 3.63) is 59.6 Å². The van der Waals surface area contributed by atoms with Gasteiger partial charge in [0.1, 0.15) is 0 Å². The lowest BCUT2D eigenvalue weighted by Gasteiger charge is -2.27. The highest BCUT2D eigenvalue weighted by atomic mass is 19.3. The van der Waals surface area contributed by atoms with Gasteiger partial charge in [-0.1, -0.05) is 0 Å². The third kappa shape index (κ3) is 4.26. The zero-order valence-electron chi connectivity index (χ0n) is 15.4. The quantitative estimate of drug-likeness (QED) is 0.578. The third-order valence-corrected chi connectivity index (χ3v) is 5.36. The second-order valence-corrected chi connectivity index (χ2v) is 7.45. The molecule has 2 aromatic heterocycles. The molecule has 0 aliphatic heterocycles. The maximum absolute atomic E-state index is 13.5. The summed E-state index contributed by atoms with van der Waals surface area (Å²) in [6, 6.07) is 5.55. The molecule has 2 heterocycles. The summed E-state index contributed by atoms with van der Waals surface area (Å²) < 4.78 is 53.4. The minimum atomic E-state index is -2.58. The Morgan fingerprint density at radius 1 is 1.17 bits per heavy atom. The van der Waals surface area contributed by atoms with E-state index in [9.17, 15) is 22.4 Å². The van der Waals surface area contributed by atoms with E-state index < -0.39 is 17.6 Å². The number of hydrogen-bond donors (Lipinski definition) is 2. The summed E-state index contributed by atoms with van der Waals surface area (Å²) in [5, 5.41) is 3.16. The molecular formula is C21H19F4N3O. The second-order valence-electron chi connectivity index (χ2n) is 7.45. The van der Waals surface area contributed by atoms with E-state index in [2.05, 4.69) is 15.3 Å². The molecule has 0 spiro atoms. The number of aromatic nitrogens is 2. The Balaban J connectivity index is 1.40. The molecule has 1 aliphatic carbocycles. The van der Waals surface area contributed by atoms with Crippen molar-refractivity contribution in [1.82, 2.24) is 9.97 Å². The number of H-pyrrole nitrogens is 1. The fraction of sp³-hybridized carbons (Fsp3) is 0.333. The van der Waals surface area contributed by atoms with Crippen molar-refractivity contribution >= 4 is 22.5 Å². The highest BCUT2D eigenvalue weighted by Crippen LogP contribution is 2.40. The molecule has 3 aromatic rings. The number of hydrogen-bond acceptors (Lipinski definition) is 2. The van der Waals surface area contributed by atoms with E-state index in [1.165, 1.54) is 6.20 Å². The standard InChI is InChI=1S/C21H19F4N3O/c22-16-8-15-13(10-26-19(15)9-17(16)23)7-20(29)28-14-1-2-18(27-11-14)12-3-5-21(24,25)6-4-12/h1-2,8-12,26H,3-7H2,(H,28,29). The molecule has 1 aliphatic rings. The summed E-state index contributed by atoms with van der Waals surface area (Å²) >= 11 is 0. The minimum Gasteiger partial charge on any atom is -0.361 e. The molecule has 4 nitrogen and oxygen atoms in total. The van der Waals surface area contributed by atoms with E-state index >= 15 is 0 Å². The zero-order chi connectivity index (χ0) is 20.6. The number of benzene rings is 1. The topological polar surface area (TPSA) is 57.8 Å². The third-order valence-electron chi connectivity index (χ3n) is 5.36. The molecule has 1 saturated carbocycles. The van der Waals surface area contributed by atoms with Crippen LogP contribution in [-0.4, -0.2) is 21.8 Å². The van der Waals surface area contributed by atoms with E-state index in [0.717, 1.165) is 17.8 Å². The van der Waals surface area contributed by atoms with Crippen LogP contribution < -0.4 is 5.32 Å². The number of halogens is 4. The first-order valence-corrected chi connectivity index (χ1v) is 9.39. The first kappa shape index (κ1) is 19.4. The van der Waals surface area contributed by atoms with Gasteiger partial charge in [-0.2, -0.15) is 0 Å². The van der Waals surface area contributed by atoms with Crippen LogP contribution in [0.15, 0.2) is 36.7 Å². The molecule has 1 fully saturated rings. The van der Waals surface area contributed by atoms with E-state index in [4.69, 9.17) is 0 Å². The van der Waals surface area contributed by atoms with Crippen molar-refractivity contribution in [2.24, 2.45) is 0 Å². The Morgan fingerprint density at radius 3 is 2.59 bits per heavy atom. The molecule has 4 rings (SSSR count). The average Bonchev–Trinajstić information content (AvgIpc) is 3.04. The fourth-order valence-electron chi connectivity index (χ4n) is 3.76. The van der Waals surface area contributed by atoms with Crippen molar-refractivity contribution < 1.29 is 22.4 Å². The Morgan fingerprint density at radius 2 is 1.90 bits per heavy atom. The lowest BCUT2D eigenvalue weighted by molar-refractivity contribution is -0.115. The van der Waals surface area contributed by atoms with Gasteiger partial charge in [0, 0.05) is 47.6 Å². The molecule has 2 N–H and O–H groups in total. The number of carbonyl (C=O) groups is 1. The average molecular weight is 405 g/mol. The van der Waals surface area contributed by atoms with Crippen LogP contribution in [0.5, 0.6) is 0 Å². The summed E-state index contributed by atoms with van der Waals surface area (Å²) in [6.45, 7) is 0. The van der Waals surface area contributed by atoms with Crippen molar-refractivity contribution in [3.8, 4) is 0 Å². The number of pyridine rings is 1. The normalized spacial score (nSPS) is 16.8. The molecule has 0 radical (unpaired) electrons. The molecule has 29 heavy (non-hydrogen) atoms. The van der Waals surface area contributed by atoms with E-state index in [0.29, 0.717) is 35.0 Å². The maximum atomic E-state index is 13.5. The molecule has 1 aromatic carbocycles. The summed E-state index contributed by atoms with van der Waals surface area (Å²) in [4.78, 5) is 19.5. The molecular weight excluding hydrogens is 386 g/mol. The lowest BCUT2D eigenvalue weighted by atomic mass is 9.84. The number of rotatable bonds is 4. The highest BCUT2D eigenvalue weighted by Gasteiger charge is 2.35. The first-order valence-electron chi connectivity index (χ1n) is 9.39. The van der Waals surface area contributed by atoms with Gasteiger partial charge in [0.05, 0.1) is 18.3 Å². The van der Waals surface area contributed by atoms with Crippen molar-refractivity contribution in [2.45, 2.75) is 43.9 Å². The molecule has 0 unspecified atom stereocenters. The number of amides is 1. The lowest BCUT2D eigenvalue weighted by Crippen LogP contribution is -2.24. The summed E-state index contributed by atoms with van der Waals surface area (Å²) in [5.74, 6) is -4.84. The van der Waals surface area contributed by atoms with Crippen LogP contribution in [0.1, 0.15) is 42.9 Å². The largest absolute Gasteiger partial charge is 0.361 e. The number of anilines is 1. The smallest absolute Gasteiger partial charge is 0.248 e. The maximum Gasteiger partial charge on any atom is 0.248 e. The molecule has 0 bridgehead atoms. The Kier molecular flexibility index (Phi) is 5.02. The number of nitrogens with one attached hydrogen (secondary N) is 2. The summed E-state index contributed by atoms with van der Waals surface area (Å²) in [7, 11) is 0. The Bertz CT molecular complexity index is 1040. The van der Waals surface area contributed by atoms with Gasteiger partial charge in [-0.15, -0.1) is 0 Å². The van der Waals surface area contributed by atoms with Gasteiger partial charge in [-0.3, -0.25) is 9.78 Å². The molecule has 0 atom stereocenters. The second kappa shape index (κ2) is 7.50. The van der Waals surface area contributed by atoms with Crippen molar-refractivity contribution in [2.75, 3.05) is 5.32 Å². The van der Waals surface area contributed by atoms with Crippen LogP contribution in [0.2, 0.25) is 0 Å². The van der Waals surface area contributed by atoms with Crippen molar-refractivity contribution in [1.29, 1.82) is 0 Å². The van der Waals surface area contributed by atoms with Gasteiger partial charge in [-0.25, -0.2) is 17.6 Å². The van der Waals surface area contributed by atoms with Crippen LogP contribution in [0, 0.1) is 11.6 Å². The van der Waals surface area contributed by atoms with Crippen LogP contribution in [0.3, 0.4) is 0 Å². The van der Waals surface area contributed by atoms with E-state index in [1.54, 1.807) is 18.3 Å². The van der Waals surface area contributed by atoms with Gasteiger partial charge in [0.25, 0.3) is 0 Å². The molecule has 1 amide bonds. The van der Waals surface area contributed by atoms with Crippen LogP contribution in [0.25, 0.3) is 10.9 Å². The molecule has 152 valence electrons. The molecule has 8 heteroatoms. The van der Waals surface area contributed by atoms with Gasteiger partial charge in [0.15, 0.2) is 11.6 Å². The van der Waals surface area contributed by atoms with E-state index in [-0.39, 0.29) is 31.1 Å². The zero-order valence-corrected chi connectivity index (χ0v) is 15.4. The number of fused-ring (bicyclic) bond motifs is 1. The predicted octanol–water partition coefficient (Wildman–Crippen LogP) is 5.32. The number of carbonyl (C=O) groups excluding carboxylic acids is 1. The first-order chi connectivity index (χ1) is 13.8. The fourth-order valence-corrected chi connectivity index (χ4v) is 3.76. The number of alkyl halides is 2. The van der Waals surface area contributed by atoms with Crippen LogP contribution >= 0.6 is 0 Å². The van der Waals surface area contributed by atoms with Crippen LogP contribution in [-0.2, 0) is 11.2 Å². The summed E-state index contributed by atoms with van der Waals surface area (Å²) in [5.41, 5.74) is 2.18. The van der Waals surface area contributed by atoms with Crippen LogP contribution in [0.4, 0.5) is 23.2 Å². The van der Waals surface area contributed by atoms with Crippen molar-refractivity contribution in [3.63, 3.8) is 0 Å². The monoisotopic (exact) mass is 405 g/mol. The summed E-state index contributed by atoms with van der Waals surface area (Å²) in [6.07, 6.45) is 3.55. The van der Waals surface area contributed by atoms with Gasteiger partial charge < -0.3 is 10.3 Å². The Hall–Kier alpha value is -2.90. The van der Waals surface area contributed by atoms with E-state index in [1.807, 2.05) is 0 Å². The highest BCUT2D eigenvalue weighted by molar-refractivity contribution is 5.95. The molecule has 0 saturated heterocycles. The van der Waals surface area contributed by atoms with Gasteiger partial charge in [0.2, 0.25) is 11.8 Å².